The second-order valence-corrected chi connectivity index (χ2v) is 12.7. The number of hydrogen-bond donors (Lipinski definition) is 0. The number of para-hydroxylation sites is 1. The van der Waals surface area contributed by atoms with E-state index in [1.807, 2.05) is 29.5 Å². The van der Waals surface area contributed by atoms with Gasteiger partial charge in [-0.2, -0.15) is 9.97 Å². The SMILES string of the molecule is c1ccc(-c2nc(-c3cccc4ccccc34)nc(-n3c4ccccc4c4c5ccccc5c5c6ccccc6sc5c43)n2)cc1. The summed E-state index contributed by atoms with van der Waals surface area (Å²) >= 11 is 1.84. The predicted octanol–water partition coefficient (Wildman–Crippen LogP) is 11.0. The summed E-state index contributed by atoms with van der Waals surface area (Å²) in [5, 5.41) is 9.71. The summed E-state index contributed by atoms with van der Waals surface area (Å²) in [7, 11) is 0. The number of aromatic nitrogens is 4. The summed E-state index contributed by atoms with van der Waals surface area (Å²) in [5.41, 5.74) is 4.13. The highest BCUT2D eigenvalue weighted by atomic mass is 32.1. The molecule has 0 N–H and O–H groups in total. The molecule has 3 heterocycles. The standard InChI is InChI=1S/C41H24N4S/c1-2-14-26(15-3-1)39-42-40(30-22-12-16-25-13-4-5-17-27(25)30)44-41(43-39)45-33-23-10-8-20-31(33)35-28-18-6-7-19-29(28)36-32-21-9-11-24-34(32)46-38(36)37(35)45/h1-24H. The van der Waals surface area contributed by atoms with Crippen LogP contribution in [0.25, 0.3) is 92.2 Å². The molecule has 0 unspecified atom stereocenters. The van der Waals surface area contributed by atoms with Crippen molar-refractivity contribution in [2.45, 2.75) is 0 Å². The summed E-state index contributed by atoms with van der Waals surface area (Å²) in [6.45, 7) is 0. The fourth-order valence-electron chi connectivity index (χ4n) is 7.06. The normalized spacial score (nSPS) is 11.9. The van der Waals surface area contributed by atoms with E-state index in [0.29, 0.717) is 17.6 Å². The van der Waals surface area contributed by atoms with Gasteiger partial charge < -0.3 is 0 Å². The van der Waals surface area contributed by atoms with E-state index < -0.39 is 0 Å². The van der Waals surface area contributed by atoms with Crippen molar-refractivity contribution < 1.29 is 0 Å². The zero-order valence-corrected chi connectivity index (χ0v) is 25.4. The number of fused-ring (bicyclic) bond motifs is 11. The molecule has 46 heavy (non-hydrogen) atoms. The Kier molecular flexibility index (Phi) is 5.41. The van der Waals surface area contributed by atoms with Crippen molar-refractivity contribution in [3.05, 3.63) is 146 Å². The topological polar surface area (TPSA) is 43.6 Å². The third kappa shape index (κ3) is 3.63. The summed E-state index contributed by atoms with van der Waals surface area (Å²) < 4.78 is 4.78. The Bertz CT molecular complexity index is 2810. The lowest BCUT2D eigenvalue weighted by Crippen LogP contribution is -2.06. The maximum Gasteiger partial charge on any atom is 0.238 e. The second-order valence-electron chi connectivity index (χ2n) is 11.6. The molecule has 0 aliphatic rings. The first kappa shape index (κ1) is 25.4. The first-order valence-electron chi connectivity index (χ1n) is 15.4. The molecule has 5 heteroatoms. The maximum atomic E-state index is 5.31. The molecule has 0 aliphatic heterocycles. The van der Waals surface area contributed by atoms with Gasteiger partial charge in [-0.3, -0.25) is 4.57 Å². The van der Waals surface area contributed by atoms with Gasteiger partial charge in [0.2, 0.25) is 5.95 Å². The molecular formula is C41H24N4S. The molecule has 7 aromatic carbocycles. The van der Waals surface area contributed by atoms with Gasteiger partial charge in [0.15, 0.2) is 11.6 Å². The van der Waals surface area contributed by atoms with Gasteiger partial charge >= 0.3 is 0 Å². The van der Waals surface area contributed by atoms with E-state index in [1.54, 1.807) is 0 Å². The number of benzene rings is 7. The van der Waals surface area contributed by atoms with Crippen LogP contribution < -0.4 is 0 Å². The van der Waals surface area contributed by atoms with Gasteiger partial charge in [0.1, 0.15) is 0 Å². The van der Waals surface area contributed by atoms with Crippen molar-refractivity contribution >= 4 is 74.9 Å². The van der Waals surface area contributed by atoms with E-state index in [4.69, 9.17) is 15.0 Å². The minimum Gasteiger partial charge on any atom is -0.276 e. The van der Waals surface area contributed by atoms with Gasteiger partial charge in [0.25, 0.3) is 0 Å². The van der Waals surface area contributed by atoms with Crippen LogP contribution in [0.5, 0.6) is 0 Å². The summed E-state index contributed by atoms with van der Waals surface area (Å²) in [4.78, 5) is 15.7. The van der Waals surface area contributed by atoms with Gasteiger partial charge in [0, 0.05) is 37.4 Å². The number of rotatable bonds is 3. The molecule has 0 saturated carbocycles. The van der Waals surface area contributed by atoms with Crippen LogP contribution in [0, 0.1) is 0 Å². The number of nitrogens with zero attached hydrogens (tertiary/aromatic N) is 4. The van der Waals surface area contributed by atoms with Crippen LogP contribution in [-0.4, -0.2) is 19.5 Å². The molecule has 4 nitrogen and oxygen atoms in total. The van der Waals surface area contributed by atoms with Crippen molar-refractivity contribution in [3.63, 3.8) is 0 Å². The third-order valence-corrected chi connectivity index (χ3v) is 10.2. The Hall–Kier alpha value is -5.91. The molecule has 0 aliphatic carbocycles. The number of hydrogen-bond acceptors (Lipinski definition) is 4. The van der Waals surface area contributed by atoms with Crippen LogP contribution in [-0.2, 0) is 0 Å². The lowest BCUT2D eigenvalue weighted by atomic mass is 9.99. The summed E-state index contributed by atoms with van der Waals surface area (Å²) in [6, 6.07) is 51.1. The number of thiophene rings is 1. The Morgan fingerprint density at radius 3 is 1.93 bits per heavy atom. The van der Waals surface area contributed by atoms with Crippen molar-refractivity contribution in [1.29, 1.82) is 0 Å². The summed E-state index contributed by atoms with van der Waals surface area (Å²) in [6.07, 6.45) is 0. The van der Waals surface area contributed by atoms with E-state index in [2.05, 4.69) is 132 Å². The molecule has 0 bridgehead atoms. The van der Waals surface area contributed by atoms with Gasteiger partial charge in [-0.1, -0.05) is 133 Å². The molecule has 10 rings (SSSR count). The Morgan fingerprint density at radius 1 is 0.457 bits per heavy atom. The van der Waals surface area contributed by atoms with Crippen LogP contribution in [0.15, 0.2) is 146 Å². The largest absolute Gasteiger partial charge is 0.276 e. The van der Waals surface area contributed by atoms with Crippen molar-refractivity contribution in [2.24, 2.45) is 0 Å². The van der Waals surface area contributed by atoms with E-state index >= 15 is 0 Å². The highest BCUT2D eigenvalue weighted by molar-refractivity contribution is 7.27. The predicted molar refractivity (Wildman–Crippen MR) is 193 cm³/mol. The third-order valence-electron chi connectivity index (χ3n) is 9.04. The average molecular weight is 605 g/mol. The molecule has 0 atom stereocenters. The Morgan fingerprint density at radius 2 is 1.09 bits per heavy atom. The molecule has 0 saturated heterocycles. The molecule has 3 aromatic heterocycles. The van der Waals surface area contributed by atoms with Crippen LogP contribution in [0.1, 0.15) is 0 Å². The van der Waals surface area contributed by atoms with Crippen LogP contribution in [0.4, 0.5) is 0 Å². The van der Waals surface area contributed by atoms with Crippen LogP contribution >= 0.6 is 11.3 Å². The smallest absolute Gasteiger partial charge is 0.238 e. The van der Waals surface area contributed by atoms with E-state index in [-0.39, 0.29) is 0 Å². The first-order chi connectivity index (χ1) is 22.8. The van der Waals surface area contributed by atoms with Gasteiger partial charge in [-0.15, -0.1) is 11.3 Å². The highest BCUT2D eigenvalue weighted by Crippen LogP contribution is 2.47. The van der Waals surface area contributed by atoms with Gasteiger partial charge in [-0.25, -0.2) is 4.98 Å². The summed E-state index contributed by atoms with van der Waals surface area (Å²) in [5.74, 6) is 1.91. The molecular weight excluding hydrogens is 581 g/mol. The minimum atomic E-state index is 0.608. The van der Waals surface area contributed by atoms with Gasteiger partial charge in [-0.05, 0) is 33.7 Å². The van der Waals surface area contributed by atoms with Crippen molar-refractivity contribution in [2.75, 3.05) is 0 Å². The zero-order valence-electron chi connectivity index (χ0n) is 24.6. The van der Waals surface area contributed by atoms with Crippen LogP contribution in [0.2, 0.25) is 0 Å². The highest BCUT2D eigenvalue weighted by Gasteiger charge is 2.24. The Labute approximate surface area is 267 Å². The van der Waals surface area contributed by atoms with Crippen molar-refractivity contribution in [3.8, 4) is 28.7 Å². The molecule has 10 aromatic rings. The molecule has 0 spiro atoms. The lowest BCUT2D eigenvalue weighted by molar-refractivity contribution is 0.956. The average Bonchev–Trinajstić information content (AvgIpc) is 3.69. The second kappa shape index (κ2) is 9.80. The molecule has 0 amide bonds. The molecule has 214 valence electrons. The first-order valence-corrected chi connectivity index (χ1v) is 16.2. The fourth-order valence-corrected chi connectivity index (χ4v) is 8.31. The molecule has 0 fully saturated rings. The van der Waals surface area contributed by atoms with Crippen LogP contribution in [0.3, 0.4) is 0 Å². The Balaban J connectivity index is 1.41. The molecule has 0 radical (unpaired) electrons. The van der Waals surface area contributed by atoms with E-state index in [1.165, 1.54) is 41.7 Å². The van der Waals surface area contributed by atoms with Crippen molar-refractivity contribution in [1.82, 2.24) is 19.5 Å². The lowest BCUT2D eigenvalue weighted by Gasteiger charge is -2.13. The fraction of sp³-hybridized carbons (Fsp3) is 0. The monoisotopic (exact) mass is 604 g/mol. The van der Waals surface area contributed by atoms with E-state index in [9.17, 15) is 0 Å². The van der Waals surface area contributed by atoms with E-state index in [0.717, 1.165) is 32.9 Å². The quantitative estimate of drug-likeness (QED) is 0.201. The zero-order chi connectivity index (χ0) is 30.2. The van der Waals surface area contributed by atoms with Gasteiger partial charge in [0.05, 0.1) is 15.7 Å². The maximum absolute atomic E-state index is 5.31. The minimum absolute atomic E-state index is 0.608.